The fourth-order valence-corrected chi connectivity index (χ4v) is 2.60. The summed E-state index contributed by atoms with van der Waals surface area (Å²) in [4.78, 5) is 29.0. The van der Waals surface area contributed by atoms with Crippen molar-refractivity contribution in [2.24, 2.45) is 5.92 Å². The largest absolute Gasteiger partial charge is 0.481 e. The Kier molecular flexibility index (Phi) is 3.87. The van der Waals surface area contributed by atoms with Crippen LogP contribution in [0.4, 0.5) is 0 Å². The molecule has 1 fully saturated rings. The first-order valence-electron chi connectivity index (χ1n) is 7.19. The molecule has 1 amide bonds. The maximum absolute atomic E-state index is 12.1. The van der Waals surface area contributed by atoms with Crippen LogP contribution in [-0.2, 0) is 9.59 Å². The molecular weight excluding hydrogens is 280 g/mol. The summed E-state index contributed by atoms with van der Waals surface area (Å²) in [5, 5.41) is 10.0. The second-order valence-electron chi connectivity index (χ2n) is 5.37. The van der Waals surface area contributed by atoms with Crippen LogP contribution in [0.15, 0.2) is 42.5 Å². The van der Waals surface area contributed by atoms with Crippen LogP contribution in [0.1, 0.15) is 12.1 Å². The summed E-state index contributed by atoms with van der Waals surface area (Å²) < 4.78 is 0. The lowest BCUT2D eigenvalue weighted by Crippen LogP contribution is -2.28. The Morgan fingerprint density at radius 3 is 2.82 bits per heavy atom. The lowest BCUT2D eigenvalue weighted by atomic mass is 10.1. The molecule has 1 aromatic heterocycles. The first-order valence-corrected chi connectivity index (χ1v) is 7.19. The third-order valence-electron chi connectivity index (χ3n) is 3.87. The number of amides is 1. The highest BCUT2D eigenvalue weighted by Crippen LogP contribution is 2.17. The van der Waals surface area contributed by atoms with Crippen LogP contribution in [-0.4, -0.2) is 40.0 Å². The summed E-state index contributed by atoms with van der Waals surface area (Å²) in [6, 6.07) is 11.6. The van der Waals surface area contributed by atoms with E-state index in [1.807, 2.05) is 36.4 Å². The van der Waals surface area contributed by atoms with Crippen molar-refractivity contribution in [1.29, 1.82) is 0 Å². The molecule has 0 aliphatic carbocycles. The fraction of sp³-hybridized carbons (Fsp3) is 0.235. The average molecular weight is 296 g/mol. The van der Waals surface area contributed by atoms with Gasteiger partial charge in [0.25, 0.3) is 0 Å². The number of hydrogen-bond donors (Lipinski definition) is 1. The Morgan fingerprint density at radius 2 is 2.05 bits per heavy atom. The maximum Gasteiger partial charge on any atom is 0.308 e. The Bertz CT molecular complexity index is 754. The third-order valence-corrected chi connectivity index (χ3v) is 3.87. The smallest absolute Gasteiger partial charge is 0.308 e. The summed E-state index contributed by atoms with van der Waals surface area (Å²) in [7, 11) is 0. The van der Waals surface area contributed by atoms with Crippen molar-refractivity contribution in [2.75, 3.05) is 13.1 Å². The van der Waals surface area contributed by atoms with Gasteiger partial charge in [-0.05, 0) is 24.6 Å². The van der Waals surface area contributed by atoms with E-state index in [9.17, 15) is 9.59 Å². The Morgan fingerprint density at radius 1 is 1.23 bits per heavy atom. The van der Waals surface area contributed by atoms with Crippen LogP contribution in [0.25, 0.3) is 17.0 Å². The second-order valence-corrected chi connectivity index (χ2v) is 5.37. The summed E-state index contributed by atoms with van der Waals surface area (Å²) in [5.74, 6) is -1.45. The molecule has 1 saturated heterocycles. The first-order chi connectivity index (χ1) is 10.6. The molecule has 2 aromatic rings. The molecule has 3 rings (SSSR count). The van der Waals surface area contributed by atoms with Crippen LogP contribution in [0.3, 0.4) is 0 Å². The van der Waals surface area contributed by atoms with E-state index in [1.165, 1.54) is 6.08 Å². The monoisotopic (exact) mass is 296 g/mol. The van der Waals surface area contributed by atoms with E-state index in [0.717, 1.165) is 10.9 Å². The fourth-order valence-electron chi connectivity index (χ4n) is 2.60. The number of para-hydroxylation sites is 1. The van der Waals surface area contributed by atoms with Crippen LogP contribution >= 0.6 is 0 Å². The van der Waals surface area contributed by atoms with Crippen molar-refractivity contribution in [3.63, 3.8) is 0 Å². The van der Waals surface area contributed by atoms with E-state index in [1.54, 1.807) is 11.0 Å². The standard InChI is InChI=1S/C17H16N2O3/c20-16(19-10-9-13(11-19)17(21)22)8-7-14-6-5-12-3-1-2-4-15(12)18-14/h1-8,13H,9-11H2,(H,21,22)/b8-7+. The van der Waals surface area contributed by atoms with Crippen molar-refractivity contribution in [3.05, 3.63) is 48.2 Å². The molecule has 5 heteroatoms. The lowest BCUT2D eigenvalue weighted by molar-refractivity contribution is -0.141. The molecule has 1 aliphatic heterocycles. The first kappa shape index (κ1) is 14.3. The van der Waals surface area contributed by atoms with Gasteiger partial charge in [-0.25, -0.2) is 4.98 Å². The minimum Gasteiger partial charge on any atom is -0.481 e. The number of carboxylic acids is 1. The van der Waals surface area contributed by atoms with Gasteiger partial charge in [0.15, 0.2) is 0 Å². The zero-order valence-corrected chi connectivity index (χ0v) is 12.0. The molecule has 1 N–H and O–H groups in total. The quantitative estimate of drug-likeness (QED) is 0.881. The number of fused-ring (bicyclic) bond motifs is 1. The van der Waals surface area contributed by atoms with Gasteiger partial charge in [-0.1, -0.05) is 24.3 Å². The van der Waals surface area contributed by atoms with E-state index in [0.29, 0.717) is 18.7 Å². The molecule has 22 heavy (non-hydrogen) atoms. The van der Waals surface area contributed by atoms with Gasteiger partial charge in [0, 0.05) is 24.6 Å². The molecular formula is C17H16N2O3. The van der Waals surface area contributed by atoms with Gasteiger partial charge in [-0.2, -0.15) is 0 Å². The number of carbonyl (C=O) groups excluding carboxylic acids is 1. The SMILES string of the molecule is O=C(O)C1CCN(C(=O)/C=C/c2ccc3ccccc3n2)C1. The molecule has 1 unspecified atom stereocenters. The van der Waals surface area contributed by atoms with Crippen molar-refractivity contribution in [3.8, 4) is 0 Å². The zero-order valence-electron chi connectivity index (χ0n) is 12.0. The van der Waals surface area contributed by atoms with E-state index >= 15 is 0 Å². The van der Waals surface area contributed by atoms with Gasteiger partial charge in [0.05, 0.1) is 17.1 Å². The number of aliphatic carboxylic acids is 1. The topological polar surface area (TPSA) is 70.5 Å². The number of aromatic nitrogens is 1. The van der Waals surface area contributed by atoms with Crippen molar-refractivity contribution < 1.29 is 14.7 Å². The highest BCUT2D eigenvalue weighted by atomic mass is 16.4. The summed E-state index contributed by atoms with van der Waals surface area (Å²) in [5.41, 5.74) is 1.59. The number of hydrogen-bond acceptors (Lipinski definition) is 3. The van der Waals surface area contributed by atoms with E-state index in [-0.39, 0.29) is 12.5 Å². The van der Waals surface area contributed by atoms with Crippen LogP contribution in [0.5, 0.6) is 0 Å². The number of carboxylic acid groups (broad SMARTS) is 1. The van der Waals surface area contributed by atoms with Crippen molar-refractivity contribution >= 4 is 28.9 Å². The maximum atomic E-state index is 12.1. The van der Waals surface area contributed by atoms with Crippen LogP contribution < -0.4 is 0 Å². The molecule has 0 radical (unpaired) electrons. The van der Waals surface area contributed by atoms with Crippen molar-refractivity contribution in [1.82, 2.24) is 9.88 Å². The second kappa shape index (κ2) is 5.97. The molecule has 1 aliphatic rings. The molecule has 2 heterocycles. The Balaban J connectivity index is 1.70. The predicted octanol–water partition coefficient (Wildman–Crippen LogP) is 2.18. The number of likely N-dealkylation sites (tertiary alicyclic amines) is 1. The van der Waals surface area contributed by atoms with E-state index < -0.39 is 11.9 Å². The van der Waals surface area contributed by atoms with Crippen molar-refractivity contribution in [2.45, 2.75) is 6.42 Å². The number of pyridine rings is 1. The van der Waals surface area contributed by atoms with Gasteiger partial charge in [-0.15, -0.1) is 0 Å². The minimum atomic E-state index is -0.838. The number of nitrogens with zero attached hydrogens (tertiary/aromatic N) is 2. The molecule has 112 valence electrons. The minimum absolute atomic E-state index is 0.168. The number of benzene rings is 1. The highest BCUT2D eigenvalue weighted by molar-refractivity contribution is 5.92. The summed E-state index contributed by atoms with van der Waals surface area (Å²) in [6.45, 7) is 0.773. The predicted molar refractivity (Wildman–Crippen MR) is 83.1 cm³/mol. The molecule has 1 aromatic carbocycles. The van der Waals surface area contributed by atoms with E-state index in [2.05, 4.69) is 4.98 Å². The third kappa shape index (κ3) is 2.98. The van der Waals surface area contributed by atoms with Gasteiger partial charge in [0.1, 0.15) is 0 Å². The Labute approximate surface area is 127 Å². The van der Waals surface area contributed by atoms with Gasteiger partial charge in [-0.3, -0.25) is 9.59 Å². The Hall–Kier alpha value is -2.69. The molecule has 1 atom stereocenters. The molecule has 0 spiro atoms. The lowest BCUT2D eigenvalue weighted by Gasteiger charge is -2.12. The van der Waals surface area contributed by atoms with Gasteiger partial charge >= 0.3 is 5.97 Å². The normalized spacial score (nSPS) is 18.2. The summed E-state index contributed by atoms with van der Waals surface area (Å²) in [6.07, 6.45) is 3.65. The zero-order chi connectivity index (χ0) is 15.5. The molecule has 5 nitrogen and oxygen atoms in total. The van der Waals surface area contributed by atoms with Crippen LogP contribution in [0, 0.1) is 5.92 Å². The summed E-state index contributed by atoms with van der Waals surface area (Å²) >= 11 is 0. The van der Waals surface area contributed by atoms with Gasteiger partial charge < -0.3 is 10.0 Å². The molecule has 0 saturated carbocycles. The van der Waals surface area contributed by atoms with E-state index in [4.69, 9.17) is 5.11 Å². The average Bonchev–Trinajstić information content (AvgIpc) is 3.03. The van der Waals surface area contributed by atoms with Gasteiger partial charge in [0.2, 0.25) is 5.91 Å². The molecule has 0 bridgehead atoms. The highest BCUT2D eigenvalue weighted by Gasteiger charge is 2.29. The number of rotatable bonds is 3. The van der Waals surface area contributed by atoms with Crippen LogP contribution in [0.2, 0.25) is 0 Å². The number of carbonyl (C=O) groups is 2.